The topological polar surface area (TPSA) is 16.8 Å². The summed E-state index contributed by atoms with van der Waals surface area (Å²) in [6, 6.07) is 72.5. The normalized spacial score (nSPS) is 19.9. The van der Waals surface area contributed by atoms with Gasteiger partial charge in [-0.15, -0.1) is 0 Å². The Balaban J connectivity index is 1.16. The van der Waals surface area contributed by atoms with Gasteiger partial charge in [0.2, 0.25) is 11.4 Å². The van der Waals surface area contributed by atoms with Crippen LogP contribution in [0.5, 0.6) is 0 Å². The van der Waals surface area contributed by atoms with Crippen molar-refractivity contribution >= 4 is 16.8 Å². The fraction of sp³-hybridized carbons (Fsp3) is 0.147. The third-order valence-corrected chi connectivity index (χ3v) is 18.4. The Kier molecular flexibility index (Phi) is 10.5. The quantitative estimate of drug-likeness (QED) is 0.109. The Morgan fingerprint density at radius 1 is 0.506 bits per heavy atom. The van der Waals surface area contributed by atoms with Crippen LogP contribution in [0.15, 0.2) is 236 Å². The number of aromatic nitrogens is 2. The first kappa shape index (κ1) is 45.7. The molecule has 2 heterocycles. The van der Waals surface area contributed by atoms with Gasteiger partial charge in [0, 0.05) is 51.6 Å². The summed E-state index contributed by atoms with van der Waals surface area (Å²) in [6.07, 6.45) is 18.7. The number of hydrogen-bond acceptors (Lipinski definition) is 1. The molecule has 15 rings (SSSR count). The van der Waals surface area contributed by atoms with Crippen LogP contribution in [0.4, 0.5) is 0 Å². The molecule has 5 aliphatic rings. The van der Waals surface area contributed by atoms with E-state index in [2.05, 4.69) is 269 Å². The molecule has 0 radical (unpaired) electrons. The first-order valence-electron chi connectivity index (χ1n) is 27.8. The first-order chi connectivity index (χ1) is 37.9. The summed E-state index contributed by atoms with van der Waals surface area (Å²) in [5.41, 5.74) is 28.7. The highest BCUT2D eigenvalue weighted by Crippen LogP contribution is 2.71. The van der Waals surface area contributed by atoms with Gasteiger partial charge < -0.3 is 0 Å². The molecule has 1 fully saturated rings. The van der Waals surface area contributed by atoms with E-state index < -0.39 is 0 Å². The van der Waals surface area contributed by atoms with Crippen LogP contribution in [0.3, 0.4) is 0 Å². The van der Waals surface area contributed by atoms with Crippen LogP contribution in [0, 0.1) is 37.0 Å². The van der Waals surface area contributed by atoms with E-state index in [0.29, 0.717) is 17.8 Å². The molecule has 2 aromatic heterocycles. The summed E-state index contributed by atoms with van der Waals surface area (Å²) < 4.78 is 2.53. The van der Waals surface area contributed by atoms with Gasteiger partial charge in [-0.1, -0.05) is 201 Å². The van der Waals surface area contributed by atoms with E-state index in [0.717, 1.165) is 35.5 Å². The molecule has 5 aliphatic carbocycles. The zero-order chi connectivity index (χ0) is 51.5. The highest BCUT2D eigenvalue weighted by Gasteiger charge is 2.59. The second-order valence-electron chi connectivity index (χ2n) is 22.3. The number of benzene rings is 8. The zero-order valence-corrected chi connectivity index (χ0v) is 44.1. The Morgan fingerprint density at radius 2 is 1.05 bits per heavy atom. The SMILES string of the molecule is CC[n+]1c(-c2ccccc2)cc(-c2c3c(c(-c4cc(-c5ccccc5)nc(-c5ccccc5)c4)c4c2C2C=CCC5C6C=CC=CC6C(=C4)C25C)-c2ccc(-c4c(C)cccc4C)c4cccc-3c24)cc1-c1ccccc1. The number of aryl methyl sites for hydroxylation is 2. The van der Waals surface area contributed by atoms with Gasteiger partial charge in [0.25, 0.3) is 0 Å². The Hall–Kier alpha value is -8.72. The minimum atomic E-state index is -0.116. The third kappa shape index (κ3) is 6.80. The molecule has 5 atom stereocenters. The van der Waals surface area contributed by atoms with Crippen LogP contribution in [-0.2, 0) is 6.54 Å². The van der Waals surface area contributed by atoms with Crippen molar-refractivity contribution in [2.45, 2.75) is 46.6 Å². The van der Waals surface area contributed by atoms with Gasteiger partial charge in [-0.3, -0.25) is 0 Å². The molecule has 10 aromatic rings. The predicted octanol–water partition coefficient (Wildman–Crippen LogP) is 18.9. The molecule has 2 heteroatoms. The van der Waals surface area contributed by atoms with Gasteiger partial charge in [-0.2, -0.15) is 4.57 Å². The molecule has 8 aromatic carbocycles. The van der Waals surface area contributed by atoms with Crippen LogP contribution in [-0.4, -0.2) is 4.98 Å². The van der Waals surface area contributed by atoms with Gasteiger partial charge >= 0.3 is 0 Å². The molecule has 0 aliphatic heterocycles. The standard InChI is InChI=1S/C75H59N2/c1-5-77-66(50-29-14-8-15-30-50)43-53(44-67(77)51-31-16-9-17-32-51)70-72-60(45-63-55-34-19-18-33-54(55)61-37-22-38-62(72)75(61,63)4)69(52-41-64(48-25-10-6-11-26-48)76-65(42-52)49-27-12-7-13-28-49)73-59-40-39-57(68-46(2)23-20-24-47(68)3)56-35-21-36-58(71(56)59)74(70)73/h6-36,38-45,54-55,61-62H,5,37H2,1-4H3/q+1. The van der Waals surface area contributed by atoms with Crippen molar-refractivity contribution in [3.05, 3.63) is 258 Å². The van der Waals surface area contributed by atoms with Crippen molar-refractivity contribution < 1.29 is 4.57 Å². The summed E-state index contributed by atoms with van der Waals surface area (Å²) in [6.45, 7) is 10.3. The number of hydrogen-bond donors (Lipinski definition) is 0. The Bertz CT molecular complexity index is 4060. The maximum absolute atomic E-state index is 5.53. The fourth-order valence-electron chi connectivity index (χ4n) is 15.1. The molecule has 5 unspecified atom stereocenters. The molecule has 0 bridgehead atoms. The Labute approximate surface area is 452 Å². The molecule has 0 spiro atoms. The minimum absolute atomic E-state index is 0.110. The molecule has 0 amide bonds. The predicted molar refractivity (Wildman–Crippen MR) is 321 cm³/mol. The van der Waals surface area contributed by atoms with Crippen molar-refractivity contribution in [1.29, 1.82) is 0 Å². The summed E-state index contributed by atoms with van der Waals surface area (Å²) in [5.74, 6) is 1.32. The Morgan fingerprint density at radius 3 is 1.68 bits per heavy atom. The maximum atomic E-state index is 5.53. The molecular weight excluding hydrogens is 929 g/mol. The van der Waals surface area contributed by atoms with Crippen LogP contribution in [0.25, 0.3) is 118 Å². The monoisotopic (exact) mass is 987 g/mol. The van der Waals surface area contributed by atoms with E-state index in [1.807, 2.05) is 0 Å². The van der Waals surface area contributed by atoms with Crippen molar-refractivity contribution in [3.8, 4) is 101 Å². The van der Waals surface area contributed by atoms with Crippen LogP contribution in [0.1, 0.15) is 48.4 Å². The van der Waals surface area contributed by atoms with Gasteiger partial charge in [0.1, 0.15) is 6.54 Å². The van der Waals surface area contributed by atoms with E-state index in [-0.39, 0.29) is 11.3 Å². The third-order valence-electron chi connectivity index (χ3n) is 18.4. The highest BCUT2D eigenvalue weighted by atomic mass is 15.0. The van der Waals surface area contributed by atoms with E-state index in [9.17, 15) is 0 Å². The van der Waals surface area contributed by atoms with Crippen molar-refractivity contribution in [2.75, 3.05) is 0 Å². The van der Waals surface area contributed by atoms with Gasteiger partial charge in [-0.05, 0) is 164 Å². The van der Waals surface area contributed by atoms with Gasteiger partial charge in [0.15, 0.2) is 0 Å². The molecule has 77 heavy (non-hydrogen) atoms. The van der Waals surface area contributed by atoms with Crippen LogP contribution in [0.2, 0.25) is 0 Å². The molecule has 368 valence electrons. The lowest BCUT2D eigenvalue weighted by Gasteiger charge is -2.47. The molecular formula is C75H59N2+. The van der Waals surface area contributed by atoms with Crippen LogP contribution >= 0.6 is 0 Å². The summed E-state index contributed by atoms with van der Waals surface area (Å²) in [7, 11) is 0. The highest BCUT2D eigenvalue weighted by molar-refractivity contribution is 6.25. The smallest absolute Gasteiger partial charge is 0.213 e. The average Bonchev–Trinajstić information content (AvgIpc) is 4.09. The second-order valence-corrected chi connectivity index (χ2v) is 22.3. The second kappa shape index (κ2) is 17.7. The van der Waals surface area contributed by atoms with Crippen LogP contribution < -0.4 is 4.57 Å². The number of nitrogens with zero attached hydrogens (tertiary/aromatic N) is 2. The van der Waals surface area contributed by atoms with Crippen molar-refractivity contribution in [1.82, 2.24) is 4.98 Å². The van der Waals surface area contributed by atoms with E-state index in [1.165, 1.54) is 111 Å². The minimum Gasteiger partial charge on any atom is -0.248 e. The van der Waals surface area contributed by atoms with E-state index in [1.54, 1.807) is 5.57 Å². The number of allylic oxidation sites excluding steroid dienone is 7. The maximum Gasteiger partial charge on any atom is 0.213 e. The lowest BCUT2D eigenvalue weighted by molar-refractivity contribution is -0.671. The number of fused-ring (bicyclic) bond motifs is 8. The molecule has 1 saturated carbocycles. The lowest BCUT2D eigenvalue weighted by Crippen LogP contribution is -2.38. The average molecular weight is 988 g/mol. The fourth-order valence-corrected chi connectivity index (χ4v) is 15.1. The van der Waals surface area contributed by atoms with Crippen molar-refractivity contribution in [2.24, 2.45) is 23.2 Å². The first-order valence-corrected chi connectivity index (χ1v) is 27.8. The lowest BCUT2D eigenvalue weighted by atomic mass is 9.56. The van der Waals surface area contributed by atoms with E-state index >= 15 is 0 Å². The summed E-state index contributed by atoms with van der Waals surface area (Å²) >= 11 is 0. The number of pyridine rings is 2. The molecule has 0 N–H and O–H groups in total. The van der Waals surface area contributed by atoms with Gasteiger partial charge in [0.05, 0.1) is 11.4 Å². The summed E-state index contributed by atoms with van der Waals surface area (Å²) in [5, 5.41) is 2.62. The molecule has 2 nitrogen and oxygen atoms in total. The zero-order valence-electron chi connectivity index (χ0n) is 44.1. The van der Waals surface area contributed by atoms with E-state index in [4.69, 9.17) is 4.98 Å². The number of rotatable bonds is 8. The largest absolute Gasteiger partial charge is 0.248 e. The molecule has 0 saturated heterocycles. The van der Waals surface area contributed by atoms with Crippen molar-refractivity contribution in [3.63, 3.8) is 0 Å². The summed E-state index contributed by atoms with van der Waals surface area (Å²) in [4.78, 5) is 5.53. The van der Waals surface area contributed by atoms with Gasteiger partial charge in [-0.25, -0.2) is 4.98 Å².